The lowest BCUT2D eigenvalue weighted by Crippen LogP contribution is -2.43. The summed E-state index contributed by atoms with van der Waals surface area (Å²) in [4.78, 5) is 28.4. The van der Waals surface area contributed by atoms with Gasteiger partial charge >= 0.3 is 0 Å². The number of nitrogens with one attached hydrogen (secondary N) is 1. The average molecular weight is 390 g/mol. The Labute approximate surface area is 171 Å². The largest absolute Gasteiger partial charge is 0.497 e. The van der Waals surface area contributed by atoms with E-state index in [1.807, 2.05) is 31.2 Å². The molecule has 0 aromatic heterocycles. The molecule has 5 nitrogen and oxygen atoms in total. The van der Waals surface area contributed by atoms with Crippen molar-refractivity contribution in [1.29, 1.82) is 0 Å². The summed E-state index contributed by atoms with van der Waals surface area (Å²) in [5.41, 5.74) is 3.71. The van der Waals surface area contributed by atoms with E-state index in [1.54, 1.807) is 36.3 Å². The maximum atomic E-state index is 13.6. The Morgan fingerprint density at radius 1 is 1.10 bits per heavy atom. The van der Waals surface area contributed by atoms with Gasteiger partial charge in [-0.3, -0.25) is 14.5 Å². The van der Waals surface area contributed by atoms with E-state index in [1.165, 1.54) is 0 Å². The number of ether oxygens (including phenoxy) is 1. The molecule has 0 spiro atoms. The molecule has 1 heterocycles. The standard InChI is InChI=1S/C24H26N2O3/c1-15-22-19(13-24(2,3)14-21(22)27)25-18-7-5-6-8-20(18)26(15)23(28)16-9-11-17(29-4)12-10-16/h5-12,15,25H,13-14H2,1-4H3/t15-/m0/s1. The van der Waals surface area contributed by atoms with Crippen LogP contribution in [0.2, 0.25) is 0 Å². The maximum absolute atomic E-state index is 13.6. The van der Waals surface area contributed by atoms with Gasteiger partial charge in [0, 0.05) is 23.3 Å². The first-order valence-corrected chi connectivity index (χ1v) is 9.90. The summed E-state index contributed by atoms with van der Waals surface area (Å²) >= 11 is 0. The molecule has 0 bridgehead atoms. The molecule has 0 saturated heterocycles. The van der Waals surface area contributed by atoms with Crippen LogP contribution in [0.1, 0.15) is 44.0 Å². The van der Waals surface area contributed by atoms with E-state index in [2.05, 4.69) is 19.2 Å². The second-order valence-electron chi connectivity index (χ2n) is 8.55. The fourth-order valence-electron chi connectivity index (χ4n) is 4.38. The zero-order valence-corrected chi connectivity index (χ0v) is 17.3. The molecule has 2 aromatic rings. The normalized spacial score (nSPS) is 20.3. The number of fused-ring (bicyclic) bond motifs is 1. The van der Waals surface area contributed by atoms with Crippen molar-refractivity contribution in [2.75, 3.05) is 17.3 Å². The predicted octanol–water partition coefficient (Wildman–Crippen LogP) is 4.80. The second kappa shape index (κ2) is 7.07. The summed E-state index contributed by atoms with van der Waals surface area (Å²) < 4.78 is 5.21. The Balaban J connectivity index is 1.83. The van der Waals surface area contributed by atoms with E-state index in [-0.39, 0.29) is 23.1 Å². The number of ketones is 1. The zero-order chi connectivity index (χ0) is 20.8. The number of nitrogens with zero attached hydrogens (tertiary/aromatic N) is 1. The molecule has 1 aliphatic carbocycles. The van der Waals surface area contributed by atoms with Crippen LogP contribution in [0.25, 0.3) is 0 Å². The van der Waals surface area contributed by atoms with Gasteiger partial charge in [0.2, 0.25) is 0 Å². The van der Waals surface area contributed by atoms with Crippen LogP contribution in [0.4, 0.5) is 11.4 Å². The number of methoxy groups -OCH3 is 1. The lowest BCUT2D eigenvalue weighted by atomic mass is 9.74. The van der Waals surface area contributed by atoms with E-state index in [4.69, 9.17) is 4.74 Å². The monoisotopic (exact) mass is 390 g/mol. The smallest absolute Gasteiger partial charge is 0.258 e. The fourth-order valence-corrected chi connectivity index (χ4v) is 4.38. The fraction of sp³-hybridized carbons (Fsp3) is 0.333. The van der Waals surface area contributed by atoms with Gasteiger partial charge in [0.25, 0.3) is 5.91 Å². The van der Waals surface area contributed by atoms with Crippen LogP contribution in [-0.4, -0.2) is 24.8 Å². The van der Waals surface area contributed by atoms with Crippen molar-refractivity contribution in [2.45, 2.75) is 39.7 Å². The minimum atomic E-state index is -0.362. The number of rotatable bonds is 2. The zero-order valence-electron chi connectivity index (χ0n) is 17.3. The van der Waals surface area contributed by atoms with E-state index < -0.39 is 0 Å². The van der Waals surface area contributed by atoms with Crippen molar-refractivity contribution in [1.82, 2.24) is 0 Å². The molecule has 0 radical (unpaired) electrons. The number of hydrogen-bond donors (Lipinski definition) is 1. The van der Waals surface area contributed by atoms with Gasteiger partial charge < -0.3 is 10.1 Å². The number of allylic oxidation sites excluding steroid dienone is 1. The van der Waals surface area contributed by atoms with Gasteiger partial charge in [-0.25, -0.2) is 0 Å². The SMILES string of the molecule is COc1ccc(C(=O)N2c3ccccc3NC3=C(C(=O)CC(C)(C)C3)[C@@H]2C)cc1. The first kappa shape index (κ1) is 19.2. The Morgan fingerprint density at radius 2 is 1.79 bits per heavy atom. The molecule has 2 aromatic carbocycles. The summed E-state index contributed by atoms with van der Waals surface area (Å²) in [6, 6.07) is 14.4. The van der Waals surface area contributed by atoms with Crippen molar-refractivity contribution < 1.29 is 14.3 Å². The Kier molecular flexibility index (Phi) is 4.69. The van der Waals surface area contributed by atoms with Crippen LogP contribution in [0.15, 0.2) is 59.8 Å². The molecule has 0 saturated carbocycles. The van der Waals surface area contributed by atoms with Gasteiger partial charge in [0.05, 0.1) is 24.5 Å². The first-order valence-electron chi connectivity index (χ1n) is 9.90. The number of amides is 1. The molecule has 0 fully saturated rings. The quantitative estimate of drug-likeness (QED) is 0.800. The molecule has 0 unspecified atom stereocenters. The van der Waals surface area contributed by atoms with Gasteiger partial charge in [-0.15, -0.1) is 0 Å². The van der Waals surface area contributed by atoms with Crippen LogP contribution in [0.3, 0.4) is 0 Å². The Morgan fingerprint density at radius 3 is 2.48 bits per heavy atom. The molecular weight excluding hydrogens is 364 g/mol. The van der Waals surface area contributed by atoms with Crippen LogP contribution >= 0.6 is 0 Å². The molecule has 1 N–H and O–H groups in total. The van der Waals surface area contributed by atoms with Gasteiger partial charge in [-0.05, 0) is 55.2 Å². The average Bonchev–Trinajstić information content (AvgIpc) is 2.80. The third-order valence-corrected chi connectivity index (χ3v) is 5.73. The summed E-state index contributed by atoms with van der Waals surface area (Å²) in [5.74, 6) is 0.666. The highest BCUT2D eigenvalue weighted by molar-refractivity contribution is 6.11. The van der Waals surface area contributed by atoms with Crippen molar-refractivity contribution in [3.8, 4) is 5.75 Å². The Bertz CT molecular complexity index is 1010. The van der Waals surface area contributed by atoms with Gasteiger partial charge in [0.15, 0.2) is 5.78 Å². The second-order valence-corrected chi connectivity index (χ2v) is 8.55. The summed E-state index contributed by atoms with van der Waals surface area (Å²) in [6.45, 7) is 6.16. The number of carbonyl (C=O) groups excluding carboxylic acids is 2. The highest BCUT2D eigenvalue weighted by Crippen LogP contribution is 2.43. The van der Waals surface area contributed by atoms with Gasteiger partial charge in [-0.2, -0.15) is 0 Å². The highest BCUT2D eigenvalue weighted by Gasteiger charge is 2.40. The third-order valence-electron chi connectivity index (χ3n) is 5.73. The summed E-state index contributed by atoms with van der Waals surface area (Å²) in [6.07, 6.45) is 1.26. The van der Waals surface area contributed by atoms with Crippen LogP contribution in [0.5, 0.6) is 5.75 Å². The number of anilines is 2. The number of para-hydroxylation sites is 2. The predicted molar refractivity (Wildman–Crippen MR) is 114 cm³/mol. The Hall–Kier alpha value is -3.08. The van der Waals surface area contributed by atoms with Gasteiger partial charge in [-0.1, -0.05) is 26.0 Å². The van der Waals surface area contributed by atoms with Gasteiger partial charge in [0.1, 0.15) is 5.75 Å². The van der Waals surface area contributed by atoms with Crippen LogP contribution in [-0.2, 0) is 4.79 Å². The molecule has 4 rings (SSSR count). The molecule has 150 valence electrons. The van der Waals surface area contributed by atoms with Crippen LogP contribution in [0, 0.1) is 5.41 Å². The van der Waals surface area contributed by atoms with Crippen LogP contribution < -0.4 is 15.0 Å². The number of benzene rings is 2. The van der Waals surface area contributed by atoms with E-state index in [9.17, 15) is 9.59 Å². The lowest BCUT2D eigenvalue weighted by Gasteiger charge is -2.35. The number of Topliss-reactive ketones (excluding diaryl/α,β-unsaturated/α-hetero) is 1. The van der Waals surface area contributed by atoms with E-state index in [0.29, 0.717) is 23.3 Å². The molecule has 5 heteroatoms. The molecule has 1 aliphatic heterocycles. The molecule has 2 aliphatic rings. The van der Waals surface area contributed by atoms with Crippen molar-refractivity contribution in [3.05, 3.63) is 65.4 Å². The molecular formula is C24H26N2O3. The van der Waals surface area contributed by atoms with Crippen molar-refractivity contribution in [3.63, 3.8) is 0 Å². The minimum Gasteiger partial charge on any atom is -0.497 e. The van der Waals surface area contributed by atoms with E-state index >= 15 is 0 Å². The molecule has 29 heavy (non-hydrogen) atoms. The van der Waals surface area contributed by atoms with E-state index in [0.717, 1.165) is 23.5 Å². The summed E-state index contributed by atoms with van der Waals surface area (Å²) in [7, 11) is 1.60. The maximum Gasteiger partial charge on any atom is 0.258 e. The van der Waals surface area contributed by atoms with Crippen molar-refractivity contribution >= 4 is 23.1 Å². The number of hydrogen-bond acceptors (Lipinski definition) is 4. The third kappa shape index (κ3) is 3.41. The topological polar surface area (TPSA) is 58.6 Å². The highest BCUT2D eigenvalue weighted by atomic mass is 16.5. The molecule has 1 atom stereocenters. The van der Waals surface area contributed by atoms with Crippen molar-refractivity contribution in [2.24, 2.45) is 5.41 Å². The number of carbonyl (C=O) groups is 2. The lowest BCUT2D eigenvalue weighted by molar-refractivity contribution is -0.118. The minimum absolute atomic E-state index is 0.104. The molecule has 1 amide bonds. The first-order chi connectivity index (χ1) is 13.8. The summed E-state index contributed by atoms with van der Waals surface area (Å²) in [5, 5.41) is 3.48.